The molecule has 5 heteroatoms. The van der Waals surface area contributed by atoms with Crippen molar-refractivity contribution in [3.8, 4) is 0 Å². The van der Waals surface area contributed by atoms with E-state index in [4.69, 9.17) is 4.98 Å². The van der Waals surface area contributed by atoms with Gasteiger partial charge in [0.2, 0.25) is 5.78 Å². The Hall–Kier alpha value is -1.88. The first-order valence-corrected chi connectivity index (χ1v) is 9.20. The zero-order chi connectivity index (χ0) is 17.1. The molecule has 126 valence electrons. The maximum atomic E-state index is 4.77. The lowest BCUT2D eigenvalue weighted by molar-refractivity contribution is 0.708. The fourth-order valence-electron chi connectivity index (χ4n) is 2.95. The molecular formula is C19H23BrN4. The number of imidazole rings is 1. The van der Waals surface area contributed by atoms with Crippen molar-refractivity contribution >= 4 is 27.4 Å². The minimum Gasteiger partial charge on any atom is -0.366 e. The smallest absolute Gasteiger partial charge is 0.235 e. The number of aromatic nitrogens is 3. The first kappa shape index (κ1) is 17.0. The third-order valence-corrected chi connectivity index (χ3v) is 4.97. The van der Waals surface area contributed by atoms with Crippen molar-refractivity contribution in [2.45, 2.75) is 40.2 Å². The van der Waals surface area contributed by atoms with Crippen LogP contribution in [0.2, 0.25) is 0 Å². The number of anilines is 1. The Morgan fingerprint density at radius 1 is 1.12 bits per heavy atom. The molecule has 0 atom stereocenters. The molecule has 1 aromatic carbocycles. The summed E-state index contributed by atoms with van der Waals surface area (Å²) in [5, 5.41) is 0. The van der Waals surface area contributed by atoms with Crippen LogP contribution in [0.1, 0.15) is 36.8 Å². The van der Waals surface area contributed by atoms with Crippen molar-refractivity contribution in [3.63, 3.8) is 0 Å². The molecule has 2 aromatic heterocycles. The first-order chi connectivity index (χ1) is 11.6. The van der Waals surface area contributed by atoms with Crippen LogP contribution in [0.4, 0.5) is 5.69 Å². The molecule has 0 saturated heterocycles. The highest BCUT2D eigenvalue weighted by Crippen LogP contribution is 2.24. The topological polar surface area (TPSA) is 33.4 Å². The fraction of sp³-hybridized carbons (Fsp3) is 0.368. The Morgan fingerprint density at radius 2 is 1.88 bits per heavy atom. The summed E-state index contributed by atoms with van der Waals surface area (Å²) < 4.78 is 3.07. The second kappa shape index (κ2) is 7.34. The van der Waals surface area contributed by atoms with Crippen molar-refractivity contribution in [1.29, 1.82) is 0 Å². The monoisotopic (exact) mass is 386 g/mol. The molecule has 0 saturated carbocycles. The van der Waals surface area contributed by atoms with E-state index in [0.717, 1.165) is 47.0 Å². The largest absolute Gasteiger partial charge is 0.366 e. The molecule has 3 aromatic rings. The van der Waals surface area contributed by atoms with Gasteiger partial charge in [-0.25, -0.2) is 9.97 Å². The van der Waals surface area contributed by atoms with Crippen molar-refractivity contribution in [2.75, 3.05) is 11.4 Å². The van der Waals surface area contributed by atoms with E-state index in [-0.39, 0.29) is 0 Å². The SMILES string of the molecule is CCCCN(Cc1nc2nc(C)cc(C)n2c1Br)c1ccccc1. The lowest BCUT2D eigenvalue weighted by atomic mass is 10.2. The van der Waals surface area contributed by atoms with Crippen LogP contribution in [0.5, 0.6) is 0 Å². The summed E-state index contributed by atoms with van der Waals surface area (Å²) >= 11 is 3.73. The maximum absolute atomic E-state index is 4.77. The summed E-state index contributed by atoms with van der Waals surface area (Å²) in [6, 6.07) is 12.6. The van der Waals surface area contributed by atoms with Gasteiger partial charge < -0.3 is 4.90 Å². The molecule has 0 spiro atoms. The van der Waals surface area contributed by atoms with Crippen LogP contribution < -0.4 is 4.90 Å². The Kier molecular flexibility index (Phi) is 5.19. The van der Waals surface area contributed by atoms with Gasteiger partial charge in [0.15, 0.2) is 0 Å². The van der Waals surface area contributed by atoms with Crippen LogP contribution in [0.3, 0.4) is 0 Å². The molecule has 0 fully saturated rings. The van der Waals surface area contributed by atoms with Gasteiger partial charge in [-0.2, -0.15) is 0 Å². The third-order valence-electron chi connectivity index (χ3n) is 4.16. The molecule has 4 nitrogen and oxygen atoms in total. The second-order valence-corrected chi connectivity index (χ2v) is 6.89. The van der Waals surface area contributed by atoms with Gasteiger partial charge in [-0.3, -0.25) is 4.40 Å². The number of fused-ring (bicyclic) bond motifs is 1. The second-order valence-electron chi connectivity index (χ2n) is 6.13. The van der Waals surface area contributed by atoms with Crippen molar-refractivity contribution in [1.82, 2.24) is 14.4 Å². The summed E-state index contributed by atoms with van der Waals surface area (Å²) in [4.78, 5) is 11.7. The van der Waals surface area contributed by atoms with Crippen LogP contribution in [0, 0.1) is 13.8 Å². The lowest BCUT2D eigenvalue weighted by Gasteiger charge is -2.24. The minimum absolute atomic E-state index is 0.762. The Balaban J connectivity index is 1.96. The number of rotatable bonds is 6. The molecule has 0 radical (unpaired) electrons. The number of nitrogens with zero attached hydrogens (tertiary/aromatic N) is 4. The van der Waals surface area contributed by atoms with Gasteiger partial charge in [-0.1, -0.05) is 31.5 Å². The summed E-state index contributed by atoms with van der Waals surface area (Å²) in [5.41, 5.74) is 4.39. The van der Waals surface area contributed by atoms with Gasteiger partial charge in [0.05, 0.1) is 12.2 Å². The quantitative estimate of drug-likeness (QED) is 0.602. The molecule has 0 aliphatic heterocycles. The molecule has 0 aliphatic carbocycles. The van der Waals surface area contributed by atoms with Gasteiger partial charge in [0.25, 0.3) is 0 Å². The Bertz CT molecular complexity index is 826. The lowest BCUT2D eigenvalue weighted by Crippen LogP contribution is -2.24. The average molecular weight is 387 g/mol. The van der Waals surface area contributed by atoms with E-state index < -0.39 is 0 Å². The highest BCUT2D eigenvalue weighted by Gasteiger charge is 2.16. The van der Waals surface area contributed by atoms with Gasteiger partial charge in [-0.15, -0.1) is 0 Å². The van der Waals surface area contributed by atoms with Gasteiger partial charge in [-0.05, 0) is 54.4 Å². The predicted octanol–water partition coefficient (Wildman–Crippen LogP) is 4.92. The number of para-hydroxylation sites is 1. The van der Waals surface area contributed by atoms with Gasteiger partial charge >= 0.3 is 0 Å². The summed E-state index contributed by atoms with van der Waals surface area (Å²) in [7, 11) is 0. The van der Waals surface area contributed by atoms with Crippen LogP contribution in [0.25, 0.3) is 5.78 Å². The number of unbranched alkanes of at least 4 members (excludes halogenated alkanes) is 1. The first-order valence-electron chi connectivity index (χ1n) is 8.41. The van der Waals surface area contributed by atoms with Crippen LogP contribution in [0.15, 0.2) is 41.0 Å². The number of hydrogen-bond acceptors (Lipinski definition) is 3. The minimum atomic E-state index is 0.762. The Morgan fingerprint density at radius 3 is 2.58 bits per heavy atom. The van der Waals surface area contributed by atoms with Crippen LogP contribution in [-0.2, 0) is 6.54 Å². The van der Waals surface area contributed by atoms with Gasteiger partial charge in [0, 0.05) is 23.6 Å². The molecule has 3 rings (SSSR count). The van der Waals surface area contributed by atoms with E-state index in [1.165, 1.54) is 12.1 Å². The molecule has 0 bridgehead atoms. The standard InChI is InChI=1S/C19H23BrN4/c1-4-5-11-23(16-9-7-6-8-10-16)13-17-18(20)24-15(3)12-14(2)21-19(24)22-17/h6-10,12H,4-5,11,13H2,1-3H3. The summed E-state index contributed by atoms with van der Waals surface area (Å²) in [5.74, 6) is 0.762. The number of aryl methyl sites for hydroxylation is 2. The highest BCUT2D eigenvalue weighted by atomic mass is 79.9. The van der Waals surface area contributed by atoms with Crippen molar-refractivity contribution in [2.24, 2.45) is 0 Å². The average Bonchev–Trinajstić information content (AvgIpc) is 2.88. The van der Waals surface area contributed by atoms with E-state index in [1.807, 2.05) is 6.92 Å². The van der Waals surface area contributed by atoms with E-state index >= 15 is 0 Å². The molecule has 0 N–H and O–H groups in total. The molecule has 0 aliphatic rings. The molecular weight excluding hydrogens is 364 g/mol. The van der Waals surface area contributed by atoms with E-state index in [2.05, 4.69) is 80.5 Å². The van der Waals surface area contributed by atoms with Crippen molar-refractivity contribution < 1.29 is 0 Å². The summed E-state index contributed by atoms with van der Waals surface area (Å²) in [6.07, 6.45) is 2.34. The zero-order valence-electron chi connectivity index (χ0n) is 14.5. The molecule has 24 heavy (non-hydrogen) atoms. The fourth-order valence-corrected chi connectivity index (χ4v) is 3.60. The third kappa shape index (κ3) is 3.46. The number of benzene rings is 1. The van der Waals surface area contributed by atoms with Crippen molar-refractivity contribution in [3.05, 3.63) is 58.1 Å². The number of hydrogen-bond donors (Lipinski definition) is 0. The molecule has 2 heterocycles. The predicted molar refractivity (Wildman–Crippen MR) is 103 cm³/mol. The van der Waals surface area contributed by atoms with E-state index in [1.54, 1.807) is 0 Å². The highest BCUT2D eigenvalue weighted by molar-refractivity contribution is 9.10. The Labute approximate surface area is 151 Å². The summed E-state index contributed by atoms with van der Waals surface area (Å²) in [6.45, 7) is 8.11. The molecule has 0 unspecified atom stereocenters. The van der Waals surface area contributed by atoms with Crippen LogP contribution >= 0.6 is 15.9 Å². The number of halogens is 1. The zero-order valence-corrected chi connectivity index (χ0v) is 16.0. The maximum Gasteiger partial charge on any atom is 0.235 e. The van der Waals surface area contributed by atoms with E-state index in [0.29, 0.717) is 0 Å². The normalized spacial score (nSPS) is 11.2. The van der Waals surface area contributed by atoms with Crippen LogP contribution in [-0.4, -0.2) is 20.9 Å². The van der Waals surface area contributed by atoms with E-state index in [9.17, 15) is 0 Å². The molecule has 0 amide bonds. The van der Waals surface area contributed by atoms with Gasteiger partial charge in [0.1, 0.15) is 4.60 Å².